The summed E-state index contributed by atoms with van der Waals surface area (Å²) in [5, 5.41) is 9.07. The predicted molar refractivity (Wildman–Crippen MR) is 98.7 cm³/mol. The van der Waals surface area contributed by atoms with E-state index in [1.54, 1.807) is 24.4 Å². The van der Waals surface area contributed by atoms with E-state index in [0.29, 0.717) is 17.1 Å². The Bertz CT molecular complexity index is 755. The zero-order chi connectivity index (χ0) is 18.4. The Morgan fingerprint density at radius 3 is 2.44 bits per heavy atom. The number of hydrogen-bond donors (Lipinski definition) is 1. The number of methoxy groups -OCH3 is 1. The van der Waals surface area contributed by atoms with Crippen molar-refractivity contribution in [1.82, 2.24) is 0 Å². The number of rotatable bonds is 7. The number of carboxylic acid groups (broad SMARTS) is 1. The lowest BCUT2D eigenvalue weighted by Crippen LogP contribution is -2.23. The van der Waals surface area contributed by atoms with Gasteiger partial charge < -0.3 is 19.5 Å². The number of aliphatic carboxylic acids is 1. The molecular formula is C19H22N2O4. The maximum absolute atomic E-state index is 11.1. The second-order valence-electron chi connectivity index (χ2n) is 5.65. The van der Waals surface area contributed by atoms with Crippen LogP contribution >= 0.6 is 0 Å². The molecule has 1 N–H and O–H groups in total. The van der Waals surface area contributed by atoms with Crippen molar-refractivity contribution in [3.05, 3.63) is 48.0 Å². The number of benzene rings is 2. The van der Waals surface area contributed by atoms with Crippen LogP contribution in [-0.2, 0) is 4.79 Å². The molecule has 0 amide bonds. The number of aliphatic imine (C=N–C) groups is 1. The van der Waals surface area contributed by atoms with E-state index in [1.165, 1.54) is 14.0 Å². The average molecular weight is 342 g/mol. The zero-order valence-electron chi connectivity index (χ0n) is 14.8. The van der Waals surface area contributed by atoms with E-state index >= 15 is 0 Å². The van der Waals surface area contributed by atoms with E-state index in [0.717, 1.165) is 11.4 Å². The van der Waals surface area contributed by atoms with E-state index in [2.05, 4.69) is 4.99 Å². The van der Waals surface area contributed by atoms with E-state index in [4.69, 9.17) is 14.6 Å². The molecule has 0 spiro atoms. The molecule has 0 saturated carbocycles. The van der Waals surface area contributed by atoms with Crippen LogP contribution in [0.4, 0.5) is 11.4 Å². The van der Waals surface area contributed by atoms with Crippen molar-refractivity contribution in [1.29, 1.82) is 0 Å². The first-order valence-corrected chi connectivity index (χ1v) is 7.80. The summed E-state index contributed by atoms with van der Waals surface area (Å²) in [5.41, 5.74) is 2.51. The molecular weight excluding hydrogens is 320 g/mol. The summed E-state index contributed by atoms with van der Waals surface area (Å²) < 4.78 is 10.8. The first-order valence-electron chi connectivity index (χ1n) is 7.80. The van der Waals surface area contributed by atoms with Crippen LogP contribution in [0.1, 0.15) is 12.5 Å². The minimum absolute atomic E-state index is 0.355. The van der Waals surface area contributed by atoms with Crippen molar-refractivity contribution in [2.24, 2.45) is 4.99 Å². The van der Waals surface area contributed by atoms with Gasteiger partial charge in [-0.1, -0.05) is 6.07 Å². The average Bonchev–Trinajstić information content (AvgIpc) is 2.60. The third-order valence-electron chi connectivity index (χ3n) is 3.59. The third kappa shape index (κ3) is 4.73. The summed E-state index contributed by atoms with van der Waals surface area (Å²) in [5.74, 6) is -0.235. The van der Waals surface area contributed by atoms with Crippen LogP contribution < -0.4 is 14.4 Å². The molecule has 0 aliphatic carbocycles. The molecule has 1 atom stereocenters. The summed E-state index contributed by atoms with van der Waals surface area (Å²) in [4.78, 5) is 17.5. The standard InChI is InChI=1S/C19H22N2O4/c1-13(19(22)23)25-18-14(6-5-7-17(18)24-4)12-20-15-8-10-16(11-9-15)21(2)3/h5-13H,1-4H3,(H,22,23)/t13-/m0/s1. The van der Waals surface area contributed by atoms with E-state index in [1.807, 2.05) is 43.3 Å². The Labute approximate surface area is 147 Å². The molecule has 2 rings (SSSR count). The molecule has 6 nitrogen and oxygen atoms in total. The third-order valence-corrected chi connectivity index (χ3v) is 3.59. The molecule has 0 aliphatic heterocycles. The fraction of sp³-hybridized carbons (Fsp3) is 0.263. The van der Waals surface area contributed by atoms with Gasteiger partial charge >= 0.3 is 5.97 Å². The minimum atomic E-state index is -1.05. The molecule has 0 aliphatic rings. The number of nitrogens with zero attached hydrogens (tertiary/aromatic N) is 2. The Balaban J connectivity index is 2.30. The lowest BCUT2D eigenvalue weighted by atomic mass is 10.2. The van der Waals surface area contributed by atoms with Crippen LogP contribution in [0.25, 0.3) is 0 Å². The molecule has 0 heterocycles. The number of ether oxygens (including phenoxy) is 2. The minimum Gasteiger partial charge on any atom is -0.493 e. The fourth-order valence-corrected chi connectivity index (χ4v) is 2.13. The van der Waals surface area contributed by atoms with Gasteiger partial charge in [0.25, 0.3) is 0 Å². The summed E-state index contributed by atoms with van der Waals surface area (Å²) in [6, 6.07) is 13.1. The highest BCUT2D eigenvalue weighted by Crippen LogP contribution is 2.31. The van der Waals surface area contributed by atoms with Crippen LogP contribution in [0.2, 0.25) is 0 Å². The van der Waals surface area contributed by atoms with Crippen molar-refractivity contribution in [2.45, 2.75) is 13.0 Å². The molecule has 2 aromatic carbocycles. The van der Waals surface area contributed by atoms with Gasteiger partial charge in [0.2, 0.25) is 0 Å². The summed E-state index contributed by atoms with van der Waals surface area (Å²) in [6.45, 7) is 1.47. The number of hydrogen-bond acceptors (Lipinski definition) is 5. The van der Waals surface area contributed by atoms with Gasteiger partial charge in [-0.3, -0.25) is 4.99 Å². The molecule has 6 heteroatoms. The monoisotopic (exact) mass is 342 g/mol. The Morgan fingerprint density at radius 1 is 1.20 bits per heavy atom. The first-order chi connectivity index (χ1) is 11.9. The lowest BCUT2D eigenvalue weighted by Gasteiger charge is -2.15. The molecule has 2 aromatic rings. The highest BCUT2D eigenvalue weighted by atomic mass is 16.5. The van der Waals surface area contributed by atoms with Gasteiger partial charge in [-0.2, -0.15) is 0 Å². The number of anilines is 1. The zero-order valence-corrected chi connectivity index (χ0v) is 14.8. The second kappa shape index (κ2) is 8.19. The number of para-hydroxylation sites is 1. The number of carbonyl (C=O) groups is 1. The highest BCUT2D eigenvalue weighted by molar-refractivity contribution is 5.87. The molecule has 0 saturated heterocycles. The molecule has 0 bridgehead atoms. The maximum Gasteiger partial charge on any atom is 0.344 e. The Morgan fingerprint density at radius 2 is 1.88 bits per heavy atom. The van der Waals surface area contributed by atoms with Crippen molar-refractivity contribution in [2.75, 3.05) is 26.1 Å². The molecule has 0 fully saturated rings. The molecule has 0 unspecified atom stereocenters. The molecule has 25 heavy (non-hydrogen) atoms. The molecule has 132 valence electrons. The largest absolute Gasteiger partial charge is 0.493 e. The summed E-state index contributed by atoms with van der Waals surface area (Å²) >= 11 is 0. The summed E-state index contributed by atoms with van der Waals surface area (Å²) in [7, 11) is 5.46. The Hall–Kier alpha value is -3.02. The van der Waals surface area contributed by atoms with Gasteiger partial charge in [-0.15, -0.1) is 0 Å². The SMILES string of the molecule is COc1cccc(C=Nc2ccc(N(C)C)cc2)c1O[C@@H](C)C(=O)O. The maximum atomic E-state index is 11.1. The van der Waals surface area contributed by atoms with Crippen molar-refractivity contribution < 1.29 is 19.4 Å². The van der Waals surface area contributed by atoms with Crippen molar-refractivity contribution >= 4 is 23.6 Å². The first kappa shape index (κ1) is 18.3. The Kier molecular flexibility index (Phi) is 6.00. The topological polar surface area (TPSA) is 71.4 Å². The fourth-order valence-electron chi connectivity index (χ4n) is 2.13. The van der Waals surface area contributed by atoms with Crippen LogP contribution in [0.3, 0.4) is 0 Å². The van der Waals surface area contributed by atoms with Crippen molar-refractivity contribution in [3.63, 3.8) is 0 Å². The molecule has 0 aromatic heterocycles. The predicted octanol–water partition coefficient (Wildman–Crippen LogP) is 3.36. The van der Waals surface area contributed by atoms with Gasteiger partial charge in [0, 0.05) is 31.6 Å². The normalized spacial score (nSPS) is 12.0. The smallest absolute Gasteiger partial charge is 0.344 e. The van der Waals surface area contributed by atoms with E-state index in [9.17, 15) is 4.79 Å². The number of carboxylic acids is 1. The lowest BCUT2D eigenvalue weighted by molar-refractivity contribution is -0.144. The summed E-state index contributed by atoms with van der Waals surface area (Å²) in [6.07, 6.45) is 0.639. The van der Waals surface area contributed by atoms with Gasteiger partial charge in [-0.25, -0.2) is 4.79 Å². The van der Waals surface area contributed by atoms with Gasteiger partial charge in [0.05, 0.1) is 12.8 Å². The second-order valence-corrected chi connectivity index (χ2v) is 5.65. The van der Waals surface area contributed by atoms with Crippen LogP contribution in [0.5, 0.6) is 11.5 Å². The van der Waals surface area contributed by atoms with E-state index in [-0.39, 0.29) is 0 Å². The van der Waals surface area contributed by atoms with Crippen molar-refractivity contribution in [3.8, 4) is 11.5 Å². The van der Waals surface area contributed by atoms with Crippen LogP contribution in [-0.4, -0.2) is 44.6 Å². The highest BCUT2D eigenvalue weighted by Gasteiger charge is 2.17. The van der Waals surface area contributed by atoms with Crippen LogP contribution in [0.15, 0.2) is 47.5 Å². The quantitative estimate of drug-likeness (QED) is 0.781. The molecule has 0 radical (unpaired) electrons. The van der Waals surface area contributed by atoms with E-state index < -0.39 is 12.1 Å². The van der Waals surface area contributed by atoms with Crippen LogP contribution in [0, 0.1) is 0 Å². The van der Waals surface area contributed by atoms with Gasteiger partial charge in [-0.05, 0) is 43.3 Å². The van der Waals surface area contributed by atoms with Gasteiger partial charge in [0.1, 0.15) is 0 Å². The van der Waals surface area contributed by atoms with Gasteiger partial charge in [0.15, 0.2) is 17.6 Å².